The van der Waals surface area contributed by atoms with Gasteiger partial charge in [-0.2, -0.15) is 0 Å². The molecule has 0 heterocycles. The minimum absolute atomic E-state index is 0.305. The first-order valence-electron chi connectivity index (χ1n) is 8.82. The fourth-order valence-electron chi connectivity index (χ4n) is 3.36. The molecule has 0 spiro atoms. The Kier molecular flexibility index (Phi) is 4.53. The van der Waals surface area contributed by atoms with Crippen molar-refractivity contribution in [2.45, 2.75) is 6.42 Å². The van der Waals surface area contributed by atoms with E-state index in [2.05, 4.69) is 48.5 Å². The van der Waals surface area contributed by atoms with Crippen LogP contribution in [0.25, 0.3) is 22.3 Å². The van der Waals surface area contributed by atoms with Gasteiger partial charge in [0.05, 0.1) is 0 Å². The van der Waals surface area contributed by atoms with Gasteiger partial charge in [0.25, 0.3) is 0 Å². The van der Waals surface area contributed by atoms with Crippen LogP contribution in [0.3, 0.4) is 0 Å². The summed E-state index contributed by atoms with van der Waals surface area (Å²) in [6, 6.07) is 34.6. The van der Waals surface area contributed by atoms with Crippen LogP contribution in [0.2, 0.25) is 0 Å². The molecule has 0 saturated heterocycles. The number of rotatable bonds is 1. The van der Waals surface area contributed by atoms with E-state index in [0.717, 1.165) is 12.0 Å². The van der Waals surface area contributed by atoms with Crippen LogP contribution >= 0.6 is 0 Å². The Morgan fingerprint density at radius 3 is 1.50 bits per heavy atom. The fourth-order valence-corrected chi connectivity index (χ4v) is 3.36. The molecule has 0 unspecified atom stereocenters. The van der Waals surface area contributed by atoms with Crippen LogP contribution in [0, 0.1) is 0 Å². The summed E-state index contributed by atoms with van der Waals surface area (Å²) < 4.78 is 0. The molecule has 0 fully saturated rings. The Morgan fingerprint density at radius 1 is 0.462 bits per heavy atom. The van der Waals surface area contributed by atoms with Crippen molar-refractivity contribution in [1.29, 1.82) is 0 Å². The maximum atomic E-state index is 9.10. The first-order chi connectivity index (χ1) is 12.8. The molecule has 0 amide bonds. The third kappa shape index (κ3) is 3.38. The highest BCUT2D eigenvalue weighted by atomic mass is 16.3. The summed E-state index contributed by atoms with van der Waals surface area (Å²) >= 11 is 0. The summed E-state index contributed by atoms with van der Waals surface area (Å²) in [6.45, 7) is 0. The second-order valence-electron chi connectivity index (χ2n) is 6.40. The average molecular weight is 336 g/mol. The Labute approximate surface area is 154 Å². The lowest BCUT2D eigenvalue weighted by Crippen LogP contribution is -1.77. The van der Waals surface area contributed by atoms with E-state index in [4.69, 9.17) is 5.11 Å². The maximum absolute atomic E-state index is 9.10. The molecule has 0 bridgehead atoms. The number of benzene rings is 4. The standard InChI is InChI=1S/C13H10.C12H10O/c1-3-7-12-10(5-1)9-11-6-2-4-8-13(11)12;13-12-8-6-11(7-9-12)10-4-2-1-3-5-10/h1-8H,9H2;1-9,13H. The van der Waals surface area contributed by atoms with Crippen molar-refractivity contribution in [2.24, 2.45) is 0 Å². The van der Waals surface area contributed by atoms with Gasteiger partial charge in [-0.15, -0.1) is 0 Å². The summed E-state index contributed by atoms with van der Waals surface area (Å²) in [5.74, 6) is 0.305. The van der Waals surface area contributed by atoms with Crippen LogP contribution in [-0.2, 0) is 6.42 Å². The van der Waals surface area contributed by atoms with Crippen LogP contribution in [-0.4, -0.2) is 5.11 Å². The largest absolute Gasteiger partial charge is 0.508 e. The lowest BCUT2D eigenvalue weighted by molar-refractivity contribution is 0.475. The van der Waals surface area contributed by atoms with E-state index in [-0.39, 0.29) is 0 Å². The highest BCUT2D eigenvalue weighted by Crippen LogP contribution is 2.35. The van der Waals surface area contributed by atoms with E-state index in [1.54, 1.807) is 12.1 Å². The zero-order chi connectivity index (χ0) is 17.8. The normalized spacial score (nSPS) is 11.1. The molecule has 0 atom stereocenters. The molecule has 4 aromatic carbocycles. The minimum atomic E-state index is 0.305. The monoisotopic (exact) mass is 336 g/mol. The number of hydrogen-bond donors (Lipinski definition) is 1. The van der Waals surface area contributed by atoms with Gasteiger partial charge in [-0.05, 0) is 51.9 Å². The van der Waals surface area contributed by atoms with Gasteiger partial charge in [0.2, 0.25) is 0 Å². The molecule has 26 heavy (non-hydrogen) atoms. The van der Waals surface area contributed by atoms with Gasteiger partial charge in [0, 0.05) is 0 Å². The molecular weight excluding hydrogens is 316 g/mol. The van der Waals surface area contributed by atoms with Crippen LogP contribution in [0.4, 0.5) is 0 Å². The summed E-state index contributed by atoms with van der Waals surface area (Å²) in [5.41, 5.74) is 8.05. The van der Waals surface area contributed by atoms with Crippen LogP contribution in [0.15, 0.2) is 103 Å². The molecule has 0 aromatic heterocycles. The highest BCUT2D eigenvalue weighted by Gasteiger charge is 2.15. The molecule has 1 aliphatic rings. The molecule has 126 valence electrons. The molecule has 1 nitrogen and oxygen atoms in total. The van der Waals surface area contributed by atoms with E-state index in [1.807, 2.05) is 42.5 Å². The Bertz CT molecular complexity index is 958. The number of phenolic OH excluding ortho intramolecular Hbond substituents is 1. The van der Waals surface area contributed by atoms with Gasteiger partial charge in [-0.25, -0.2) is 0 Å². The molecule has 4 aromatic rings. The molecule has 0 saturated carbocycles. The molecule has 1 N–H and O–H groups in total. The average Bonchev–Trinajstić information content (AvgIpc) is 3.08. The number of phenols is 1. The summed E-state index contributed by atoms with van der Waals surface area (Å²) in [5, 5.41) is 9.10. The van der Waals surface area contributed by atoms with E-state index in [1.165, 1.54) is 27.8 Å². The van der Waals surface area contributed by atoms with Crippen LogP contribution in [0.1, 0.15) is 11.1 Å². The number of hydrogen-bond acceptors (Lipinski definition) is 1. The van der Waals surface area contributed by atoms with Crippen molar-refractivity contribution < 1.29 is 5.11 Å². The smallest absolute Gasteiger partial charge is 0.115 e. The molecule has 1 aliphatic carbocycles. The Hall–Kier alpha value is -3.32. The van der Waals surface area contributed by atoms with Crippen molar-refractivity contribution >= 4 is 0 Å². The van der Waals surface area contributed by atoms with Crippen molar-refractivity contribution in [1.82, 2.24) is 0 Å². The summed E-state index contributed by atoms with van der Waals surface area (Å²) in [6.07, 6.45) is 1.10. The highest BCUT2D eigenvalue weighted by molar-refractivity contribution is 5.76. The number of fused-ring (bicyclic) bond motifs is 3. The van der Waals surface area contributed by atoms with Gasteiger partial charge in [-0.1, -0.05) is 91.0 Å². The summed E-state index contributed by atoms with van der Waals surface area (Å²) in [7, 11) is 0. The minimum Gasteiger partial charge on any atom is -0.508 e. The molecule has 1 heteroatoms. The van der Waals surface area contributed by atoms with Gasteiger partial charge in [-0.3, -0.25) is 0 Å². The van der Waals surface area contributed by atoms with Crippen molar-refractivity contribution in [3.8, 4) is 28.0 Å². The maximum Gasteiger partial charge on any atom is 0.115 e. The third-order valence-electron chi connectivity index (χ3n) is 4.68. The van der Waals surface area contributed by atoms with Crippen molar-refractivity contribution in [3.05, 3.63) is 114 Å². The second-order valence-corrected chi connectivity index (χ2v) is 6.40. The zero-order valence-corrected chi connectivity index (χ0v) is 14.5. The van der Waals surface area contributed by atoms with Gasteiger partial charge < -0.3 is 5.11 Å². The zero-order valence-electron chi connectivity index (χ0n) is 14.5. The number of aromatic hydroxyl groups is 1. The third-order valence-corrected chi connectivity index (χ3v) is 4.68. The molecule has 0 aliphatic heterocycles. The Morgan fingerprint density at radius 2 is 0.923 bits per heavy atom. The van der Waals surface area contributed by atoms with E-state index in [0.29, 0.717) is 5.75 Å². The first kappa shape index (κ1) is 16.2. The van der Waals surface area contributed by atoms with Crippen LogP contribution < -0.4 is 0 Å². The molecular formula is C25H20O. The lowest BCUT2D eigenvalue weighted by Gasteiger charge is -2.00. The second kappa shape index (κ2) is 7.28. The van der Waals surface area contributed by atoms with Crippen molar-refractivity contribution in [3.63, 3.8) is 0 Å². The summed E-state index contributed by atoms with van der Waals surface area (Å²) in [4.78, 5) is 0. The van der Waals surface area contributed by atoms with Gasteiger partial charge in [0.1, 0.15) is 5.75 Å². The van der Waals surface area contributed by atoms with Gasteiger partial charge in [0.15, 0.2) is 0 Å². The molecule has 0 radical (unpaired) electrons. The van der Waals surface area contributed by atoms with E-state index < -0.39 is 0 Å². The lowest BCUT2D eigenvalue weighted by atomic mass is 10.1. The van der Waals surface area contributed by atoms with Crippen LogP contribution in [0.5, 0.6) is 5.75 Å². The molecule has 5 rings (SSSR count). The SMILES string of the molecule is Oc1ccc(-c2ccccc2)cc1.c1ccc2c(c1)Cc1ccccc1-2. The van der Waals surface area contributed by atoms with Gasteiger partial charge >= 0.3 is 0 Å². The van der Waals surface area contributed by atoms with Crippen molar-refractivity contribution in [2.75, 3.05) is 0 Å². The predicted molar refractivity (Wildman–Crippen MR) is 108 cm³/mol. The fraction of sp³-hybridized carbons (Fsp3) is 0.0400. The van der Waals surface area contributed by atoms with E-state index >= 15 is 0 Å². The van der Waals surface area contributed by atoms with E-state index in [9.17, 15) is 0 Å². The first-order valence-corrected chi connectivity index (χ1v) is 8.82. The quantitative estimate of drug-likeness (QED) is 0.380. The Balaban J connectivity index is 0.000000129. The topological polar surface area (TPSA) is 20.2 Å². The predicted octanol–water partition coefficient (Wildman–Crippen LogP) is 6.32.